The zero-order chi connectivity index (χ0) is 29.4. The molecule has 9 nitrogen and oxygen atoms in total. The molecule has 1 saturated carbocycles. The van der Waals surface area contributed by atoms with Gasteiger partial charge in [0.05, 0.1) is 18.9 Å². The largest absolute Gasteiger partial charge is 0.508 e. The molecule has 2 saturated heterocycles. The van der Waals surface area contributed by atoms with Crippen LogP contribution in [-0.4, -0.2) is 74.1 Å². The molecule has 2 aliphatic heterocycles. The van der Waals surface area contributed by atoms with Crippen LogP contribution in [0.25, 0.3) is 0 Å². The number of aromatic hydroxyl groups is 2. The number of allylic oxidation sites excluding steroid dienone is 2. The summed E-state index contributed by atoms with van der Waals surface area (Å²) in [6.07, 6.45) is 2.36. The molecule has 214 valence electrons. The third-order valence-electron chi connectivity index (χ3n) is 9.21. The number of halogens is 2. The van der Waals surface area contributed by atoms with Crippen LogP contribution in [0.4, 0.5) is 0 Å². The van der Waals surface area contributed by atoms with Crippen molar-refractivity contribution in [3.05, 3.63) is 65.2 Å². The van der Waals surface area contributed by atoms with E-state index in [2.05, 4.69) is 0 Å². The number of carbonyl (C=O) groups is 4. The minimum atomic E-state index is -1.97. The molecule has 41 heavy (non-hydrogen) atoms. The number of fused-ring (bicyclic) bond motifs is 4. The number of nitrogens with zero attached hydrogens (tertiary/aromatic N) is 2. The number of alkyl halides is 2. The van der Waals surface area contributed by atoms with E-state index in [1.807, 2.05) is 6.08 Å². The Morgan fingerprint density at radius 3 is 2.34 bits per heavy atom. The lowest BCUT2D eigenvalue weighted by Crippen LogP contribution is -2.60. The molecular formula is C30H28Cl2N2O7. The van der Waals surface area contributed by atoms with E-state index in [4.69, 9.17) is 27.9 Å². The highest BCUT2D eigenvalue weighted by Crippen LogP contribution is 2.66. The quantitative estimate of drug-likeness (QED) is 0.307. The predicted octanol–water partition coefficient (Wildman–Crippen LogP) is 3.34. The molecule has 2 aromatic carbocycles. The first-order chi connectivity index (χ1) is 19.4. The van der Waals surface area contributed by atoms with Gasteiger partial charge >= 0.3 is 0 Å². The molecule has 2 aromatic rings. The second-order valence-electron chi connectivity index (χ2n) is 11.2. The van der Waals surface area contributed by atoms with Gasteiger partial charge in [0, 0.05) is 31.1 Å². The van der Waals surface area contributed by atoms with Crippen molar-refractivity contribution in [3.8, 4) is 17.2 Å². The highest BCUT2D eigenvalue weighted by atomic mass is 35.5. The Labute approximate surface area is 246 Å². The summed E-state index contributed by atoms with van der Waals surface area (Å²) in [4.78, 5) is 52.8. The van der Waals surface area contributed by atoms with E-state index in [9.17, 15) is 29.4 Å². The maximum absolute atomic E-state index is 13.9. The minimum absolute atomic E-state index is 0.113. The third kappa shape index (κ3) is 3.74. The number of likely N-dealkylation sites (tertiary alicyclic amines) is 2. The van der Waals surface area contributed by atoms with Crippen molar-refractivity contribution < 1.29 is 34.1 Å². The number of hydrogen-bond donors (Lipinski definition) is 2. The number of phenols is 2. The monoisotopic (exact) mass is 598 g/mol. The van der Waals surface area contributed by atoms with Crippen LogP contribution in [0.2, 0.25) is 0 Å². The first-order valence-corrected chi connectivity index (χ1v) is 14.1. The molecule has 3 fully saturated rings. The molecule has 6 atom stereocenters. The Morgan fingerprint density at radius 2 is 1.68 bits per heavy atom. The maximum Gasteiger partial charge on any atom is 0.253 e. The fraction of sp³-hybridized carbons (Fsp3) is 0.400. The average molecular weight is 599 g/mol. The van der Waals surface area contributed by atoms with Crippen molar-refractivity contribution in [2.45, 2.75) is 34.9 Å². The summed E-state index contributed by atoms with van der Waals surface area (Å²) in [7, 11) is 2.77. The van der Waals surface area contributed by atoms with Gasteiger partial charge in [-0.15, -0.1) is 23.2 Å². The van der Waals surface area contributed by atoms with Crippen LogP contribution in [0.15, 0.2) is 54.1 Å². The van der Waals surface area contributed by atoms with Gasteiger partial charge in [-0.1, -0.05) is 29.8 Å². The smallest absolute Gasteiger partial charge is 0.253 e. The van der Waals surface area contributed by atoms with Crippen LogP contribution in [-0.2, 0) is 25.6 Å². The second kappa shape index (κ2) is 9.49. The number of ether oxygens (including phenoxy) is 1. The molecule has 6 rings (SSSR count). The number of amides is 4. The fourth-order valence-corrected chi connectivity index (χ4v) is 8.18. The van der Waals surface area contributed by atoms with Crippen molar-refractivity contribution in [1.29, 1.82) is 0 Å². The zero-order valence-electron chi connectivity index (χ0n) is 22.3. The minimum Gasteiger partial charge on any atom is -0.508 e. The Balaban J connectivity index is 1.41. The second-order valence-corrected chi connectivity index (χ2v) is 12.4. The van der Waals surface area contributed by atoms with Crippen molar-refractivity contribution in [3.63, 3.8) is 0 Å². The topological polar surface area (TPSA) is 124 Å². The van der Waals surface area contributed by atoms with E-state index in [-0.39, 0.29) is 48.3 Å². The zero-order valence-corrected chi connectivity index (χ0v) is 23.9. The Bertz CT molecular complexity index is 1530. The SMILES string of the molecule is COc1ccc(C2C3=CCC4C(=O)N(CCc5ccc(O)cc5)C(=O)C4C3CC3(Cl)C(=O)N(C)C(=O)C23Cl)c(O)c1. The van der Waals surface area contributed by atoms with Crippen molar-refractivity contribution >= 4 is 46.8 Å². The van der Waals surface area contributed by atoms with Crippen molar-refractivity contribution in [2.75, 3.05) is 20.7 Å². The molecular weight excluding hydrogens is 571 g/mol. The lowest BCUT2D eigenvalue weighted by molar-refractivity contribution is -0.141. The van der Waals surface area contributed by atoms with Crippen LogP contribution in [0.3, 0.4) is 0 Å². The van der Waals surface area contributed by atoms with Crippen LogP contribution < -0.4 is 4.74 Å². The molecule has 2 aliphatic carbocycles. The first kappa shape index (κ1) is 27.6. The summed E-state index contributed by atoms with van der Waals surface area (Å²) in [5.41, 5.74) is 1.74. The van der Waals surface area contributed by atoms with Gasteiger partial charge in [-0.25, -0.2) is 0 Å². The molecule has 0 bridgehead atoms. The van der Waals surface area contributed by atoms with Crippen molar-refractivity contribution in [1.82, 2.24) is 9.80 Å². The Morgan fingerprint density at radius 1 is 0.976 bits per heavy atom. The lowest BCUT2D eigenvalue weighted by Gasteiger charge is -2.50. The summed E-state index contributed by atoms with van der Waals surface area (Å²) in [6, 6.07) is 11.1. The number of rotatable bonds is 5. The third-order valence-corrected chi connectivity index (χ3v) is 10.6. The van der Waals surface area contributed by atoms with E-state index in [0.29, 0.717) is 17.7 Å². The summed E-state index contributed by atoms with van der Waals surface area (Å²) in [6.45, 7) is 0.159. The van der Waals surface area contributed by atoms with E-state index >= 15 is 0 Å². The number of imide groups is 2. The summed E-state index contributed by atoms with van der Waals surface area (Å²) < 4.78 is 5.22. The molecule has 2 N–H and O–H groups in total. The molecule has 0 radical (unpaired) electrons. The summed E-state index contributed by atoms with van der Waals surface area (Å²) in [5, 5.41) is 20.6. The van der Waals surface area contributed by atoms with Gasteiger partial charge in [-0.2, -0.15) is 0 Å². The molecule has 11 heteroatoms. The molecule has 6 unspecified atom stereocenters. The van der Waals surface area contributed by atoms with Crippen LogP contribution in [0.5, 0.6) is 17.2 Å². The maximum atomic E-state index is 13.9. The summed E-state index contributed by atoms with van der Waals surface area (Å²) >= 11 is 14.3. The van der Waals surface area contributed by atoms with E-state index < -0.39 is 45.2 Å². The van der Waals surface area contributed by atoms with Gasteiger partial charge in [0.25, 0.3) is 11.8 Å². The Hall–Kier alpha value is -3.56. The number of hydrogen-bond acceptors (Lipinski definition) is 7. The van der Waals surface area contributed by atoms with E-state index in [0.717, 1.165) is 10.5 Å². The molecule has 0 spiro atoms. The van der Waals surface area contributed by atoms with Gasteiger partial charge in [0.1, 0.15) is 17.2 Å². The molecule has 2 heterocycles. The van der Waals surface area contributed by atoms with Gasteiger partial charge in [0.2, 0.25) is 11.8 Å². The highest BCUT2D eigenvalue weighted by molar-refractivity contribution is 6.53. The molecule has 0 aromatic heterocycles. The van der Waals surface area contributed by atoms with Crippen molar-refractivity contribution in [2.24, 2.45) is 17.8 Å². The van der Waals surface area contributed by atoms with Crippen LogP contribution >= 0.6 is 23.2 Å². The predicted molar refractivity (Wildman–Crippen MR) is 149 cm³/mol. The van der Waals surface area contributed by atoms with E-state index in [1.165, 1.54) is 25.1 Å². The normalized spacial score (nSPS) is 32.5. The standard InChI is InChI=1S/C30H28Cl2N2O7/c1-33-27(39)29(31)14-21-18(24(30(29,32)28(33)40)19-8-7-17(41-2)13-22(19)36)9-10-20-23(21)26(38)34(25(20)37)12-11-15-3-5-16(35)6-4-15/h3-9,13,20-21,23-24,35-36H,10-12,14H2,1-2H3. The lowest BCUT2D eigenvalue weighted by atomic mass is 9.56. The van der Waals surface area contributed by atoms with Crippen LogP contribution in [0, 0.1) is 17.8 Å². The van der Waals surface area contributed by atoms with Gasteiger partial charge in [-0.05, 0) is 48.9 Å². The molecule has 4 aliphatic rings. The molecule has 4 amide bonds. The summed E-state index contributed by atoms with van der Waals surface area (Å²) in [5.74, 6) is -4.87. The number of methoxy groups -OCH3 is 1. The first-order valence-electron chi connectivity index (χ1n) is 13.3. The average Bonchev–Trinajstić information content (AvgIpc) is 3.27. The Kier molecular flexibility index (Phi) is 6.39. The fourth-order valence-electron chi connectivity index (χ4n) is 7.17. The van der Waals surface area contributed by atoms with Gasteiger partial charge in [0.15, 0.2) is 9.75 Å². The number of carbonyl (C=O) groups excluding carboxylic acids is 4. The van der Waals surface area contributed by atoms with E-state index in [1.54, 1.807) is 36.4 Å². The van der Waals surface area contributed by atoms with Gasteiger partial charge < -0.3 is 14.9 Å². The number of phenolic OH excluding ortho intramolecular Hbond substituents is 2. The van der Waals surface area contributed by atoms with Gasteiger partial charge in [-0.3, -0.25) is 29.0 Å². The van der Waals surface area contributed by atoms with Crippen LogP contribution in [0.1, 0.15) is 29.9 Å². The highest BCUT2D eigenvalue weighted by Gasteiger charge is 2.76. The number of benzene rings is 2.